The minimum Gasteiger partial charge on any atom is -0.494 e. The number of aromatic amines is 1. The number of rotatable bonds is 9. The highest BCUT2D eigenvalue weighted by Gasteiger charge is 2.25. The number of unbranched alkanes of at least 4 members (excludes halogenated alkanes) is 1. The maximum atomic E-state index is 13.1. The number of amides is 1. The second kappa shape index (κ2) is 11.0. The van der Waals surface area contributed by atoms with Crippen LogP contribution in [-0.2, 0) is 11.3 Å². The van der Waals surface area contributed by atoms with Gasteiger partial charge in [-0.1, -0.05) is 49.6 Å². The summed E-state index contributed by atoms with van der Waals surface area (Å²) in [5.74, 6) is 1.04. The number of benzene rings is 2. The lowest BCUT2D eigenvalue weighted by atomic mass is 9.93. The van der Waals surface area contributed by atoms with Crippen molar-refractivity contribution in [1.29, 1.82) is 0 Å². The van der Waals surface area contributed by atoms with Gasteiger partial charge < -0.3 is 14.6 Å². The Kier molecular flexibility index (Phi) is 7.59. The van der Waals surface area contributed by atoms with E-state index >= 15 is 0 Å². The number of pyridine rings is 1. The van der Waals surface area contributed by atoms with E-state index in [0.717, 1.165) is 42.3 Å². The van der Waals surface area contributed by atoms with Gasteiger partial charge in [-0.05, 0) is 55.5 Å². The van der Waals surface area contributed by atoms with Gasteiger partial charge in [-0.2, -0.15) is 0 Å². The lowest BCUT2D eigenvalue weighted by molar-refractivity contribution is -0.135. The molecule has 0 saturated heterocycles. The van der Waals surface area contributed by atoms with Crippen LogP contribution in [0.1, 0.15) is 56.9 Å². The summed E-state index contributed by atoms with van der Waals surface area (Å²) in [5.41, 5.74) is 1.90. The van der Waals surface area contributed by atoms with Crippen molar-refractivity contribution in [2.45, 2.75) is 64.0 Å². The largest absolute Gasteiger partial charge is 0.494 e. The molecule has 1 fully saturated rings. The van der Waals surface area contributed by atoms with Crippen molar-refractivity contribution in [1.82, 2.24) is 9.88 Å². The van der Waals surface area contributed by atoms with Crippen molar-refractivity contribution < 1.29 is 9.53 Å². The van der Waals surface area contributed by atoms with E-state index in [2.05, 4.69) is 22.0 Å². The molecule has 0 aliphatic heterocycles. The van der Waals surface area contributed by atoms with Crippen LogP contribution in [0, 0.1) is 0 Å². The van der Waals surface area contributed by atoms with Gasteiger partial charge in [0.05, 0.1) is 6.61 Å². The number of nitrogens with zero attached hydrogens (tertiary/aromatic N) is 1. The number of hydrogen-bond donors (Lipinski definition) is 1. The average Bonchev–Trinajstić information content (AvgIpc) is 2.83. The Morgan fingerprint density at radius 1 is 0.969 bits per heavy atom. The van der Waals surface area contributed by atoms with E-state index in [9.17, 15) is 9.59 Å². The molecule has 1 heterocycles. The van der Waals surface area contributed by atoms with Gasteiger partial charge in [0.1, 0.15) is 5.75 Å². The second-order valence-corrected chi connectivity index (χ2v) is 8.68. The summed E-state index contributed by atoms with van der Waals surface area (Å²) in [6.45, 7) is 1.28. The lowest BCUT2D eigenvalue weighted by Gasteiger charge is -2.34. The highest BCUT2D eigenvalue weighted by atomic mass is 16.5. The lowest BCUT2D eigenvalue weighted by Crippen LogP contribution is -2.40. The predicted octanol–water partition coefficient (Wildman–Crippen LogP) is 5.44. The fourth-order valence-corrected chi connectivity index (χ4v) is 4.53. The number of carbonyl (C=O) groups is 1. The molecule has 1 aliphatic carbocycles. The molecule has 1 saturated carbocycles. The molecule has 0 atom stereocenters. The molecule has 5 nitrogen and oxygen atoms in total. The molecule has 0 bridgehead atoms. The first-order valence-corrected chi connectivity index (χ1v) is 11.8. The molecule has 1 amide bonds. The van der Waals surface area contributed by atoms with Gasteiger partial charge in [-0.15, -0.1) is 0 Å². The van der Waals surface area contributed by atoms with Gasteiger partial charge in [-0.25, -0.2) is 0 Å². The summed E-state index contributed by atoms with van der Waals surface area (Å²) in [5, 5.41) is 0.946. The molecule has 4 rings (SSSR count). The van der Waals surface area contributed by atoms with E-state index < -0.39 is 0 Å². The zero-order chi connectivity index (χ0) is 22.2. The molecule has 32 heavy (non-hydrogen) atoms. The summed E-state index contributed by atoms with van der Waals surface area (Å²) < 4.78 is 5.88. The smallest absolute Gasteiger partial charge is 0.248 e. The predicted molar refractivity (Wildman–Crippen MR) is 128 cm³/mol. The Balaban J connectivity index is 1.27. The molecule has 5 heteroatoms. The number of aromatic nitrogens is 1. The zero-order valence-electron chi connectivity index (χ0n) is 18.6. The minimum absolute atomic E-state index is 0.106. The van der Waals surface area contributed by atoms with Crippen LogP contribution >= 0.6 is 0 Å². The number of hydrogen-bond acceptors (Lipinski definition) is 3. The van der Waals surface area contributed by atoms with Crippen molar-refractivity contribution >= 4 is 16.8 Å². The number of ether oxygens (including phenoxy) is 1. The number of carbonyl (C=O) groups excluding carboxylic acids is 1. The third-order valence-electron chi connectivity index (χ3n) is 6.28. The van der Waals surface area contributed by atoms with E-state index in [-0.39, 0.29) is 11.5 Å². The van der Waals surface area contributed by atoms with E-state index in [1.165, 1.54) is 30.9 Å². The van der Waals surface area contributed by atoms with Gasteiger partial charge >= 0.3 is 0 Å². The Labute approximate surface area is 189 Å². The number of fused-ring (bicyclic) bond motifs is 1. The fraction of sp³-hybridized carbons (Fsp3) is 0.407. The van der Waals surface area contributed by atoms with Gasteiger partial charge in [0.2, 0.25) is 11.5 Å². The van der Waals surface area contributed by atoms with Crippen LogP contribution in [0.15, 0.2) is 65.5 Å². The molecule has 0 radical (unpaired) electrons. The SMILES string of the molecule is O=C(CCCCOc1ccc2[nH]c(=O)ccc2c1)N(Cc1ccccc1)C1CCCCC1. The minimum atomic E-state index is -0.106. The van der Waals surface area contributed by atoms with E-state index in [4.69, 9.17) is 4.74 Å². The molecular formula is C27H32N2O3. The Morgan fingerprint density at radius 3 is 2.59 bits per heavy atom. The Morgan fingerprint density at radius 2 is 1.78 bits per heavy atom. The van der Waals surface area contributed by atoms with Crippen LogP contribution in [0.2, 0.25) is 0 Å². The molecule has 1 N–H and O–H groups in total. The third-order valence-corrected chi connectivity index (χ3v) is 6.28. The molecule has 2 aromatic carbocycles. The molecular weight excluding hydrogens is 400 g/mol. The van der Waals surface area contributed by atoms with Gasteiger partial charge in [-0.3, -0.25) is 9.59 Å². The van der Waals surface area contributed by atoms with Crippen LogP contribution in [0.5, 0.6) is 5.75 Å². The molecule has 168 valence electrons. The van der Waals surface area contributed by atoms with E-state index in [1.54, 1.807) is 6.07 Å². The van der Waals surface area contributed by atoms with Crippen molar-refractivity contribution in [3.05, 3.63) is 76.6 Å². The topological polar surface area (TPSA) is 62.4 Å². The molecule has 1 aromatic heterocycles. The number of nitrogens with one attached hydrogen (secondary N) is 1. The highest BCUT2D eigenvalue weighted by molar-refractivity contribution is 5.79. The second-order valence-electron chi connectivity index (χ2n) is 8.68. The highest BCUT2D eigenvalue weighted by Crippen LogP contribution is 2.25. The molecule has 3 aromatic rings. The first-order valence-electron chi connectivity index (χ1n) is 11.8. The quantitative estimate of drug-likeness (QED) is 0.458. The summed E-state index contributed by atoms with van der Waals surface area (Å²) >= 11 is 0. The molecule has 0 unspecified atom stereocenters. The maximum absolute atomic E-state index is 13.1. The monoisotopic (exact) mass is 432 g/mol. The van der Waals surface area contributed by atoms with E-state index in [0.29, 0.717) is 25.6 Å². The summed E-state index contributed by atoms with van der Waals surface area (Å²) in [4.78, 5) is 29.4. The van der Waals surface area contributed by atoms with E-state index in [1.807, 2.05) is 36.4 Å². The third kappa shape index (κ3) is 6.00. The number of H-pyrrole nitrogens is 1. The first-order chi connectivity index (χ1) is 15.7. The van der Waals surface area contributed by atoms with Crippen molar-refractivity contribution in [2.75, 3.05) is 6.61 Å². The van der Waals surface area contributed by atoms with Gasteiger partial charge in [0.15, 0.2) is 0 Å². The molecule has 0 spiro atoms. The van der Waals surface area contributed by atoms with Gasteiger partial charge in [0.25, 0.3) is 0 Å². The van der Waals surface area contributed by atoms with Crippen LogP contribution in [0.4, 0.5) is 0 Å². The van der Waals surface area contributed by atoms with Crippen molar-refractivity contribution in [3.63, 3.8) is 0 Å². The average molecular weight is 433 g/mol. The summed E-state index contributed by atoms with van der Waals surface area (Å²) in [6.07, 6.45) is 8.17. The first kappa shape index (κ1) is 22.1. The van der Waals surface area contributed by atoms with Crippen LogP contribution in [-0.4, -0.2) is 28.4 Å². The van der Waals surface area contributed by atoms with Crippen LogP contribution in [0.25, 0.3) is 10.9 Å². The van der Waals surface area contributed by atoms with Crippen LogP contribution < -0.4 is 10.3 Å². The standard InChI is InChI=1S/C27H32N2O3/c30-26-17-14-22-19-24(15-16-25(22)28-26)32-18-8-7-13-27(31)29(23-11-5-2-6-12-23)20-21-9-3-1-4-10-21/h1,3-4,9-10,14-17,19,23H,2,5-8,11-13,18,20H2,(H,28,30). The van der Waals surface area contributed by atoms with Crippen molar-refractivity contribution in [2.24, 2.45) is 0 Å². The Bertz CT molecular complexity index is 1070. The summed E-state index contributed by atoms with van der Waals surface area (Å²) in [7, 11) is 0. The van der Waals surface area contributed by atoms with Crippen molar-refractivity contribution in [3.8, 4) is 5.75 Å². The summed E-state index contributed by atoms with van der Waals surface area (Å²) in [6, 6.07) is 19.7. The maximum Gasteiger partial charge on any atom is 0.248 e. The van der Waals surface area contributed by atoms with Crippen LogP contribution in [0.3, 0.4) is 0 Å². The zero-order valence-corrected chi connectivity index (χ0v) is 18.6. The normalized spacial score (nSPS) is 14.4. The van der Waals surface area contributed by atoms with Gasteiger partial charge in [0, 0.05) is 36.0 Å². The fourth-order valence-electron chi connectivity index (χ4n) is 4.53. The molecule has 1 aliphatic rings. The Hall–Kier alpha value is -3.08.